The predicted octanol–water partition coefficient (Wildman–Crippen LogP) is 0.771. The highest BCUT2D eigenvalue weighted by Crippen LogP contribution is 2.16. The summed E-state index contributed by atoms with van der Waals surface area (Å²) in [5.74, 6) is 0.750. The maximum atomic E-state index is 12.4. The maximum Gasteiger partial charge on any atom is 0.274 e. The molecular weight excluding hydrogens is 294 g/mol. The van der Waals surface area contributed by atoms with E-state index in [1.807, 2.05) is 0 Å². The fraction of sp³-hybridized carbons (Fsp3) is 0.625. The molecule has 0 aromatic carbocycles. The number of amides is 2. The maximum absolute atomic E-state index is 12.4. The van der Waals surface area contributed by atoms with Crippen LogP contribution in [0.5, 0.6) is 0 Å². The van der Waals surface area contributed by atoms with E-state index in [1.54, 1.807) is 22.2 Å². The van der Waals surface area contributed by atoms with Crippen molar-refractivity contribution in [2.24, 2.45) is 0 Å². The van der Waals surface area contributed by atoms with E-state index < -0.39 is 0 Å². The molecule has 0 aliphatic carbocycles. The number of aromatic nitrogens is 2. The van der Waals surface area contributed by atoms with Crippen molar-refractivity contribution in [3.63, 3.8) is 0 Å². The molecule has 0 bridgehead atoms. The Kier molecular flexibility index (Phi) is 5.05. The first-order valence-corrected chi connectivity index (χ1v) is 8.33. The summed E-state index contributed by atoms with van der Waals surface area (Å²) >= 11 is 0. The molecule has 2 aliphatic heterocycles. The van der Waals surface area contributed by atoms with Crippen molar-refractivity contribution < 1.29 is 9.59 Å². The Labute approximate surface area is 136 Å². The Hall–Kier alpha value is -2.18. The van der Waals surface area contributed by atoms with Crippen LogP contribution < -0.4 is 4.90 Å². The second-order valence-corrected chi connectivity index (χ2v) is 6.09. The molecule has 23 heavy (non-hydrogen) atoms. The van der Waals surface area contributed by atoms with Gasteiger partial charge in [-0.25, -0.2) is 9.97 Å². The average molecular weight is 317 g/mol. The molecule has 0 atom stereocenters. The van der Waals surface area contributed by atoms with Gasteiger partial charge < -0.3 is 14.7 Å². The van der Waals surface area contributed by atoms with Gasteiger partial charge in [-0.15, -0.1) is 0 Å². The summed E-state index contributed by atoms with van der Waals surface area (Å²) in [6.45, 7) is 4.27. The van der Waals surface area contributed by atoms with Crippen molar-refractivity contribution in [1.29, 1.82) is 0 Å². The molecule has 2 saturated heterocycles. The number of hydrogen-bond acceptors (Lipinski definition) is 5. The molecule has 1 aromatic rings. The molecule has 0 spiro atoms. The van der Waals surface area contributed by atoms with E-state index in [2.05, 4.69) is 14.9 Å². The molecule has 0 N–H and O–H groups in total. The van der Waals surface area contributed by atoms with Crippen molar-refractivity contribution in [2.45, 2.75) is 25.7 Å². The van der Waals surface area contributed by atoms with Gasteiger partial charge in [-0.1, -0.05) is 12.8 Å². The molecular formula is C16H23N5O2. The highest BCUT2D eigenvalue weighted by molar-refractivity contribution is 5.92. The van der Waals surface area contributed by atoms with E-state index >= 15 is 0 Å². The van der Waals surface area contributed by atoms with Gasteiger partial charge in [0.2, 0.25) is 6.41 Å². The van der Waals surface area contributed by atoms with Crippen LogP contribution in [0.4, 0.5) is 5.82 Å². The van der Waals surface area contributed by atoms with E-state index in [-0.39, 0.29) is 5.91 Å². The molecule has 3 rings (SSSR count). The minimum Gasteiger partial charge on any atom is -0.355 e. The van der Waals surface area contributed by atoms with Crippen molar-refractivity contribution in [1.82, 2.24) is 19.8 Å². The topological polar surface area (TPSA) is 69.6 Å². The standard InChI is InChI=1S/C16H23N5O2/c22-13-19-7-9-21(10-8-19)16(23)14-11-18-15(12-17-14)20-5-3-1-2-4-6-20/h11-13H,1-10H2. The van der Waals surface area contributed by atoms with E-state index in [9.17, 15) is 9.59 Å². The van der Waals surface area contributed by atoms with Gasteiger partial charge in [0, 0.05) is 39.3 Å². The molecule has 0 unspecified atom stereocenters. The third kappa shape index (κ3) is 3.78. The van der Waals surface area contributed by atoms with Gasteiger partial charge in [-0.3, -0.25) is 9.59 Å². The second kappa shape index (κ2) is 7.39. The highest BCUT2D eigenvalue weighted by Gasteiger charge is 2.22. The van der Waals surface area contributed by atoms with Crippen molar-refractivity contribution in [2.75, 3.05) is 44.2 Å². The molecule has 2 amide bonds. The van der Waals surface area contributed by atoms with Crippen LogP contribution in [-0.4, -0.2) is 71.4 Å². The summed E-state index contributed by atoms with van der Waals surface area (Å²) in [7, 11) is 0. The summed E-state index contributed by atoms with van der Waals surface area (Å²) < 4.78 is 0. The quantitative estimate of drug-likeness (QED) is 0.770. The Morgan fingerprint density at radius 3 is 2.17 bits per heavy atom. The van der Waals surface area contributed by atoms with Gasteiger partial charge in [-0.2, -0.15) is 0 Å². The van der Waals surface area contributed by atoms with E-state index in [4.69, 9.17) is 0 Å². The van der Waals surface area contributed by atoms with Crippen LogP contribution in [0.3, 0.4) is 0 Å². The Morgan fingerprint density at radius 1 is 0.913 bits per heavy atom. The first kappa shape index (κ1) is 15.7. The van der Waals surface area contributed by atoms with E-state index in [0.29, 0.717) is 31.9 Å². The largest absolute Gasteiger partial charge is 0.355 e. The first-order chi connectivity index (χ1) is 11.3. The Morgan fingerprint density at radius 2 is 1.61 bits per heavy atom. The third-order valence-electron chi connectivity index (χ3n) is 4.54. The first-order valence-electron chi connectivity index (χ1n) is 8.33. The van der Waals surface area contributed by atoms with Crippen LogP contribution in [0.15, 0.2) is 12.4 Å². The van der Waals surface area contributed by atoms with Crippen molar-refractivity contribution in [3.05, 3.63) is 18.1 Å². The zero-order valence-corrected chi connectivity index (χ0v) is 13.4. The van der Waals surface area contributed by atoms with Gasteiger partial charge in [0.25, 0.3) is 5.91 Å². The lowest BCUT2D eigenvalue weighted by Gasteiger charge is -2.32. The van der Waals surface area contributed by atoms with E-state index in [1.165, 1.54) is 25.7 Å². The monoisotopic (exact) mass is 317 g/mol. The van der Waals surface area contributed by atoms with Crippen molar-refractivity contribution in [3.8, 4) is 0 Å². The van der Waals surface area contributed by atoms with Crippen LogP contribution in [0.1, 0.15) is 36.2 Å². The lowest BCUT2D eigenvalue weighted by Crippen LogP contribution is -2.48. The zero-order chi connectivity index (χ0) is 16.1. The lowest BCUT2D eigenvalue weighted by molar-refractivity contribution is -0.119. The average Bonchev–Trinajstić information content (AvgIpc) is 2.91. The molecule has 0 saturated carbocycles. The summed E-state index contributed by atoms with van der Waals surface area (Å²) in [5.41, 5.74) is 0.378. The number of piperazine rings is 1. The predicted molar refractivity (Wildman–Crippen MR) is 86.3 cm³/mol. The van der Waals surface area contributed by atoms with Crippen LogP contribution in [0.25, 0.3) is 0 Å². The van der Waals surface area contributed by atoms with Crippen LogP contribution >= 0.6 is 0 Å². The summed E-state index contributed by atoms with van der Waals surface area (Å²) in [4.78, 5) is 37.6. The van der Waals surface area contributed by atoms with Gasteiger partial charge in [0.05, 0.1) is 12.4 Å². The van der Waals surface area contributed by atoms with Gasteiger partial charge in [-0.05, 0) is 12.8 Å². The second-order valence-electron chi connectivity index (χ2n) is 6.09. The minimum absolute atomic E-state index is 0.106. The summed E-state index contributed by atoms with van der Waals surface area (Å²) in [5, 5.41) is 0. The van der Waals surface area contributed by atoms with Crippen LogP contribution in [-0.2, 0) is 4.79 Å². The number of carbonyl (C=O) groups excluding carboxylic acids is 2. The van der Waals surface area contributed by atoms with Gasteiger partial charge in [0.15, 0.2) is 0 Å². The van der Waals surface area contributed by atoms with Gasteiger partial charge >= 0.3 is 0 Å². The summed E-state index contributed by atoms with van der Waals surface area (Å²) in [6, 6.07) is 0. The molecule has 1 aromatic heterocycles. The molecule has 2 fully saturated rings. The molecule has 7 heteroatoms. The van der Waals surface area contributed by atoms with E-state index in [0.717, 1.165) is 25.3 Å². The number of nitrogens with zero attached hydrogens (tertiary/aromatic N) is 5. The zero-order valence-electron chi connectivity index (χ0n) is 13.4. The minimum atomic E-state index is -0.106. The Bertz CT molecular complexity index is 532. The molecule has 3 heterocycles. The fourth-order valence-corrected chi connectivity index (χ4v) is 3.09. The molecule has 124 valence electrons. The smallest absolute Gasteiger partial charge is 0.274 e. The number of anilines is 1. The number of carbonyl (C=O) groups is 2. The van der Waals surface area contributed by atoms with Gasteiger partial charge in [0.1, 0.15) is 11.5 Å². The Balaban J connectivity index is 1.62. The van der Waals surface area contributed by atoms with Crippen molar-refractivity contribution >= 4 is 18.1 Å². The number of rotatable bonds is 3. The third-order valence-corrected chi connectivity index (χ3v) is 4.54. The summed E-state index contributed by atoms with van der Waals surface area (Å²) in [6.07, 6.45) is 9.03. The fourth-order valence-electron chi connectivity index (χ4n) is 3.09. The van der Waals surface area contributed by atoms with Crippen LogP contribution in [0, 0.1) is 0 Å². The highest BCUT2D eigenvalue weighted by atomic mass is 16.2. The lowest BCUT2D eigenvalue weighted by atomic mass is 10.2. The molecule has 2 aliphatic rings. The normalized spacial score (nSPS) is 19.4. The number of hydrogen-bond donors (Lipinski definition) is 0. The van der Waals surface area contributed by atoms with Crippen LogP contribution in [0.2, 0.25) is 0 Å². The molecule has 0 radical (unpaired) electrons. The molecule has 7 nitrogen and oxygen atoms in total. The SMILES string of the molecule is O=CN1CCN(C(=O)c2cnc(N3CCCCCC3)cn2)CC1.